The number of hydrogen-bond acceptors (Lipinski definition) is 15. The van der Waals surface area contributed by atoms with Crippen LogP contribution in [0.25, 0.3) is 11.3 Å². The average Bonchev–Trinajstić information content (AvgIpc) is 3.87. The van der Waals surface area contributed by atoms with E-state index in [1.807, 2.05) is 44.2 Å². The van der Waals surface area contributed by atoms with E-state index in [0.29, 0.717) is 78.1 Å². The Morgan fingerprint density at radius 1 is 0.785 bits per heavy atom. The summed E-state index contributed by atoms with van der Waals surface area (Å²) in [6, 6.07) is 10.7. The molecule has 0 saturated carbocycles. The number of rotatable bonds is 4. The number of fused-ring (bicyclic) bond motifs is 6. The number of benzene rings is 2. The van der Waals surface area contributed by atoms with Gasteiger partial charge in [0.25, 0.3) is 11.8 Å². The first-order valence-corrected chi connectivity index (χ1v) is 22.0. The first kappa shape index (κ1) is 46.8. The summed E-state index contributed by atoms with van der Waals surface area (Å²) in [4.78, 5) is 49.3. The fourth-order valence-electron chi connectivity index (χ4n) is 6.94. The topological polar surface area (TPSA) is 221 Å². The molecule has 344 valence electrons. The second kappa shape index (κ2) is 19.5. The molecule has 2 aliphatic heterocycles. The van der Waals surface area contributed by atoms with Crippen LogP contribution in [0.3, 0.4) is 0 Å². The van der Waals surface area contributed by atoms with E-state index in [0.717, 1.165) is 25.8 Å². The molecule has 8 bridgehead atoms. The molecule has 6 heterocycles. The molecule has 22 heteroatoms. The van der Waals surface area contributed by atoms with Crippen molar-refractivity contribution >= 4 is 95.7 Å². The monoisotopic (exact) mass is 1020 g/mol. The van der Waals surface area contributed by atoms with Crippen LogP contribution in [0.1, 0.15) is 66.5 Å². The van der Waals surface area contributed by atoms with Crippen molar-refractivity contribution in [3.8, 4) is 11.5 Å². The van der Waals surface area contributed by atoms with Crippen LogP contribution >= 0.6 is 31.9 Å². The van der Waals surface area contributed by atoms with Crippen molar-refractivity contribution in [2.75, 3.05) is 62.4 Å². The van der Waals surface area contributed by atoms with E-state index >= 15 is 0 Å². The average molecular weight is 1020 g/mol. The predicted octanol–water partition coefficient (Wildman–Crippen LogP) is 7.20. The van der Waals surface area contributed by atoms with E-state index < -0.39 is 11.7 Å². The van der Waals surface area contributed by atoms with Gasteiger partial charge in [0.15, 0.2) is 22.8 Å². The van der Waals surface area contributed by atoms with Gasteiger partial charge in [0.1, 0.15) is 40.0 Å². The molecular formula is C43H50Br2N12O8. The van der Waals surface area contributed by atoms with Gasteiger partial charge in [-0.25, -0.2) is 14.8 Å². The Balaban J connectivity index is 0.000000198. The van der Waals surface area contributed by atoms with E-state index in [1.165, 1.54) is 21.8 Å². The van der Waals surface area contributed by atoms with Crippen molar-refractivity contribution in [3.05, 3.63) is 80.0 Å². The third-order valence-corrected chi connectivity index (χ3v) is 11.0. The first-order chi connectivity index (χ1) is 31.0. The SMILES string of the molecule is CNc1cc2nc3c(cnn13)C(=O)N[C@H](C)COCc1cc(Br)c(OC)c(c1)N2.COc1c(Br)cc2cc1Nc1cc(N(C)C(=O)OC(C)(C)C)n3ncc(c3n1)C(=O)N[C@H](C)COC2. The lowest BCUT2D eigenvalue weighted by Gasteiger charge is -2.25. The van der Waals surface area contributed by atoms with Gasteiger partial charge in [0.05, 0.1) is 73.4 Å². The number of anilines is 6. The summed E-state index contributed by atoms with van der Waals surface area (Å²) in [5.74, 6) is 2.57. The molecule has 0 aliphatic carbocycles. The van der Waals surface area contributed by atoms with Gasteiger partial charge < -0.3 is 50.3 Å². The number of halogens is 2. The molecule has 2 aliphatic rings. The van der Waals surface area contributed by atoms with Crippen LogP contribution in [0.2, 0.25) is 0 Å². The highest BCUT2D eigenvalue weighted by atomic mass is 79.9. The molecule has 5 N–H and O–H groups in total. The molecule has 6 aromatic rings. The van der Waals surface area contributed by atoms with Gasteiger partial charge in [0, 0.05) is 38.3 Å². The number of nitrogens with one attached hydrogen (secondary N) is 5. The van der Waals surface area contributed by atoms with Crippen LogP contribution in [0, 0.1) is 0 Å². The van der Waals surface area contributed by atoms with Crippen molar-refractivity contribution in [2.45, 2.75) is 65.5 Å². The third-order valence-electron chi connectivity index (χ3n) is 9.85. The fraction of sp³-hybridized carbons (Fsp3) is 0.372. The van der Waals surface area contributed by atoms with Gasteiger partial charge in [-0.3, -0.25) is 14.5 Å². The maximum atomic E-state index is 13.1. The summed E-state index contributed by atoms with van der Waals surface area (Å²) < 4.78 is 32.9. The number of methoxy groups -OCH3 is 2. The molecule has 2 aromatic carbocycles. The molecule has 0 spiro atoms. The smallest absolute Gasteiger partial charge is 0.415 e. The molecule has 0 saturated heterocycles. The lowest BCUT2D eigenvalue weighted by atomic mass is 10.2. The third kappa shape index (κ3) is 10.5. The first-order valence-electron chi connectivity index (χ1n) is 20.4. The predicted molar refractivity (Wildman–Crippen MR) is 251 cm³/mol. The number of carbonyl (C=O) groups is 3. The van der Waals surface area contributed by atoms with Crippen LogP contribution < -0.4 is 41.0 Å². The molecule has 65 heavy (non-hydrogen) atoms. The lowest BCUT2D eigenvalue weighted by molar-refractivity contribution is 0.0587. The van der Waals surface area contributed by atoms with Crippen molar-refractivity contribution in [3.63, 3.8) is 0 Å². The molecule has 20 nitrogen and oxygen atoms in total. The second-order valence-electron chi connectivity index (χ2n) is 16.2. The van der Waals surface area contributed by atoms with Crippen LogP contribution in [-0.2, 0) is 27.4 Å². The van der Waals surface area contributed by atoms with Crippen molar-refractivity contribution in [2.24, 2.45) is 0 Å². The summed E-state index contributed by atoms with van der Waals surface area (Å²) in [6.07, 6.45) is 2.36. The highest BCUT2D eigenvalue weighted by Crippen LogP contribution is 2.39. The zero-order chi connectivity index (χ0) is 46.7. The summed E-state index contributed by atoms with van der Waals surface area (Å²) in [6.45, 7) is 10.5. The summed E-state index contributed by atoms with van der Waals surface area (Å²) >= 11 is 7.12. The Morgan fingerprint density at radius 3 is 1.74 bits per heavy atom. The lowest BCUT2D eigenvalue weighted by Crippen LogP contribution is -2.36. The molecule has 2 atom stereocenters. The van der Waals surface area contributed by atoms with E-state index in [9.17, 15) is 14.4 Å². The van der Waals surface area contributed by atoms with Gasteiger partial charge in [-0.05, 0) is 102 Å². The Bertz CT molecular complexity index is 2770. The number of aromatic nitrogens is 6. The minimum atomic E-state index is -0.695. The molecule has 0 fully saturated rings. The number of carbonyl (C=O) groups excluding carboxylic acids is 3. The molecule has 3 amide bonds. The molecule has 0 radical (unpaired) electrons. The Kier molecular flexibility index (Phi) is 14.0. The fourth-order valence-corrected chi connectivity index (χ4v) is 8.27. The highest BCUT2D eigenvalue weighted by molar-refractivity contribution is 9.11. The van der Waals surface area contributed by atoms with Crippen molar-refractivity contribution < 1.29 is 38.1 Å². The quantitative estimate of drug-likeness (QED) is 0.118. The Labute approximate surface area is 391 Å². The summed E-state index contributed by atoms with van der Waals surface area (Å²) in [5, 5.41) is 24.2. The standard InChI is InChI=1S/C24H29BrN6O5.C19H21BrN6O3/c1-13-11-35-12-14-7-16(25)20(34-6)17(8-14)28-18-9-19(30(5)23(33)36-24(2,3)4)31-21(29-18)15(10-26-31)22(32)27-13;1-10-8-29-9-11-4-13(20)17(28-3)14(5-11)24-15-6-16(21-2)26-18(25-15)12(7-22-26)19(27)23-10/h7-10,13H,11-12H2,1-6H3,(H,27,32)(H,28,29);4-7,10,21H,8-9H2,1-3H3,(H,23,27)(H,24,25)/t13-;10-/m11/s1. The van der Waals surface area contributed by atoms with Crippen molar-refractivity contribution in [1.82, 2.24) is 39.8 Å². The van der Waals surface area contributed by atoms with E-state index in [-0.39, 0.29) is 35.1 Å². The molecular weight excluding hydrogens is 972 g/mol. The minimum Gasteiger partial charge on any atom is -0.493 e. The maximum Gasteiger partial charge on any atom is 0.415 e. The Morgan fingerprint density at radius 2 is 1.26 bits per heavy atom. The van der Waals surface area contributed by atoms with Crippen molar-refractivity contribution in [1.29, 1.82) is 0 Å². The maximum absolute atomic E-state index is 13.1. The summed E-state index contributed by atoms with van der Waals surface area (Å²) in [5.41, 5.74) is 3.85. The molecule has 0 unspecified atom stereocenters. The number of amides is 3. The van der Waals surface area contributed by atoms with Crippen LogP contribution in [0.15, 0.2) is 57.7 Å². The van der Waals surface area contributed by atoms with E-state index in [1.54, 1.807) is 59.7 Å². The zero-order valence-electron chi connectivity index (χ0n) is 37.3. The van der Waals surface area contributed by atoms with Gasteiger partial charge in [-0.1, -0.05) is 0 Å². The van der Waals surface area contributed by atoms with Gasteiger partial charge in [-0.2, -0.15) is 19.2 Å². The Hall–Kier alpha value is -6.23. The normalized spacial score (nSPS) is 16.5. The van der Waals surface area contributed by atoms with Gasteiger partial charge >= 0.3 is 6.09 Å². The zero-order valence-corrected chi connectivity index (χ0v) is 40.4. The molecule has 4 aromatic heterocycles. The van der Waals surface area contributed by atoms with E-state index in [2.05, 4.69) is 78.6 Å². The second-order valence-corrected chi connectivity index (χ2v) is 18.0. The summed E-state index contributed by atoms with van der Waals surface area (Å²) in [7, 11) is 6.54. The van der Waals surface area contributed by atoms with Gasteiger partial charge in [-0.15, -0.1) is 0 Å². The number of hydrogen-bond donors (Lipinski definition) is 5. The van der Waals surface area contributed by atoms with Crippen LogP contribution in [0.5, 0.6) is 11.5 Å². The van der Waals surface area contributed by atoms with Gasteiger partial charge in [0.2, 0.25) is 0 Å². The van der Waals surface area contributed by atoms with E-state index in [4.69, 9.17) is 23.7 Å². The van der Waals surface area contributed by atoms with Crippen LogP contribution in [0.4, 0.5) is 39.4 Å². The number of nitrogens with zero attached hydrogens (tertiary/aromatic N) is 7. The molecule has 8 rings (SSSR count). The highest BCUT2D eigenvalue weighted by Gasteiger charge is 2.27. The van der Waals surface area contributed by atoms with Crippen LogP contribution in [-0.4, -0.2) is 106 Å². The minimum absolute atomic E-state index is 0.174. The number of ether oxygens (including phenoxy) is 5. The largest absolute Gasteiger partial charge is 0.493 e.